The van der Waals surface area contributed by atoms with Crippen molar-refractivity contribution >= 4 is 11.9 Å². The Kier molecular flexibility index (Phi) is 3.08. The predicted octanol–water partition coefficient (Wildman–Crippen LogP) is 0.893. The molecular weight excluding hydrogens is 206 g/mol. The van der Waals surface area contributed by atoms with Gasteiger partial charge in [0.2, 0.25) is 5.91 Å². The molecule has 0 spiro atoms. The van der Waals surface area contributed by atoms with Gasteiger partial charge in [0.25, 0.3) is 0 Å². The van der Waals surface area contributed by atoms with Gasteiger partial charge in [-0.15, -0.1) is 0 Å². The number of ether oxygens (including phenoxy) is 1. The summed E-state index contributed by atoms with van der Waals surface area (Å²) in [7, 11) is 1.36. The van der Waals surface area contributed by atoms with Gasteiger partial charge >= 0.3 is 5.97 Å². The van der Waals surface area contributed by atoms with Gasteiger partial charge < -0.3 is 9.64 Å². The molecule has 4 nitrogen and oxygen atoms in total. The molecule has 0 N–H and O–H groups in total. The Labute approximate surface area is 94.6 Å². The van der Waals surface area contributed by atoms with Crippen LogP contribution in [0.2, 0.25) is 0 Å². The summed E-state index contributed by atoms with van der Waals surface area (Å²) in [6, 6.07) is -0.389. The molecule has 16 heavy (non-hydrogen) atoms. The topological polar surface area (TPSA) is 46.6 Å². The number of esters is 1. The van der Waals surface area contributed by atoms with Gasteiger partial charge in [0.05, 0.1) is 13.0 Å². The highest BCUT2D eigenvalue weighted by Gasteiger charge is 2.36. The van der Waals surface area contributed by atoms with Crippen molar-refractivity contribution in [1.29, 1.82) is 0 Å². The zero-order chi connectivity index (χ0) is 11.5. The van der Waals surface area contributed by atoms with Crippen LogP contribution in [0.15, 0.2) is 24.3 Å². The average molecular weight is 221 g/mol. The van der Waals surface area contributed by atoms with Gasteiger partial charge in [-0.3, -0.25) is 4.79 Å². The summed E-state index contributed by atoms with van der Waals surface area (Å²) in [5.41, 5.74) is 0. The number of likely N-dealkylation sites (tertiary alicyclic amines) is 1. The van der Waals surface area contributed by atoms with Crippen molar-refractivity contribution in [2.75, 3.05) is 13.7 Å². The molecule has 2 rings (SSSR count). The lowest BCUT2D eigenvalue weighted by molar-refractivity contribution is -0.151. The van der Waals surface area contributed by atoms with Crippen LogP contribution in [0.4, 0.5) is 0 Å². The van der Waals surface area contributed by atoms with E-state index in [1.54, 1.807) is 4.90 Å². The largest absolute Gasteiger partial charge is 0.467 e. The first-order valence-electron chi connectivity index (χ1n) is 5.47. The second kappa shape index (κ2) is 4.51. The lowest BCUT2D eigenvalue weighted by Crippen LogP contribution is -2.43. The molecule has 0 radical (unpaired) electrons. The van der Waals surface area contributed by atoms with E-state index in [4.69, 9.17) is 4.74 Å². The maximum atomic E-state index is 12.1. The van der Waals surface area contributed by atoms with Crippen molar-refractivity contribution in [2.24, 2.45) is 5.92 Å². The molecule has 0 bridgehead atoms. The minimum Gasteiger partial charge on any atom is -0.467 e. The minimum atomic E-state index is -0.389. The third kappa shape index (κ3) is 1.87. The quantitative estimate of drug-likeness (QED) is 0.651. The number of allylic oxidation sites excluding steroid dienone is 2. The molecule has 1 amide bonds. The second-order valence-electron chi connectivity index (χ2n) is 4.01. The van der Waals surface area contributed by atoms with Crippen molar-refractivity contribution in [1.82, 2.24) is 4.90 Å². The summed E-state index contributed by atoms with van der Waals surface area (Å²) in [4.78, 5) is 25.2. The fourth-order valence-electron chi connectivity index (χ4n) is 2.20. The first-order chi connectivity index (χ1) is 7.74. The monoisotopic (exact) mass is 221 g/mol. The highest BCUT2D eigenvalue weighted by Crippen LogP contribution is 2.23. The van der Waals surface area contributed by atoms with E-state index < -0.39 is 0 Å². The first-order valence-corrected chi connectivity index (χ1v) is 5.47. The van der Waals surface area contributed by atoms with E-state index in [9.17, 15) is 9.59 Å². The smallest absolute Gasteiger partial charge is 0.328 e. The van der Waals surface area contributed by atoms with Crippen LogP contribution in [-0.2, 0) is 14.3 Å². The highest BCUT2D eigenvalue weighted by atomic mass is 16.5. The van der Waals surface area contributed by atoms with Gasteiger partial charge in [0.1, 0.15) is 6.04 Å². The normalized spacial score (nSPS) is 24.1. The lowest BCUT2D eigenvalue weighted by atomic mass is 10.1. The van der Waals surface area contributed by atoms with Gasteiger partial charge in [0.15, 0.2) is 0 Å². The van der Waals surface area contributed by atoms with E-state index in [1.807, 2.05) is 24.3 Å². The number of nitrogens with zero attached hydrogens (tertiary/aromatic N) is 1. The minimum absolute atomic E-state index is 0.00194. The first kappa shape index (κ1) is 10.9. The molecule has 86 valence electrons. The Balaban J connectivity index is 2.07. The van der Waals surface area contributed by atoms with E-state index in [0.29, 0.717) is 13.0 Å². The molecule has 1 unspecified atom stereocenters. The van der Waals surface area contributed by atoms with Crippen LogP contribution in [0.5, 0.6) is 0 Å². The highest BCUT2D eigenvalue weighted by molar-refractivity contribution is 5.88. The van der Waals surface area contributed by atoms with Gasteiger partial charge in [-0.1, -0.05) is 24.3 Å². The fraction of sp³-hybridized carbons (Fsp3) is 0.500. The average Bonchev–Trinajstić information content (AvgIpc) is 2.97. The summed E-state index contributed by atoms with van der Waals surface area (Å²) < 4.78 is 4.71. The van der Waals surface area contributed by atoms with Crippen LogP contribution < -0.4 is 0 Å². The number of carbonyl (C=O) groups is 2. The molecule has 1 heterocycles. The molecular formula is C12H15NO3. The zero-order valence-corrected chi connectivity index (χ0v) is 9.26. The zero-order valence-electron chi connectivity index (χ0n) is 9.26. The van der Waals surface area contributed by atoms with E-state index >= 15 is 0 Å². The number of carbonyl (C=O) groups excluding carboxylic acids is 2. The molecule has 4 heteroatoms. The standard InChI is InChI=1S/C12H15NO3/c1-16-12(15)10-7-4-8-13(10)11(14)9-5-2-3-6-9/h2-3,5-6,9-10H,4,7-8H2,1H3. The predicted molar refractivity (Wildman–Crippen MR) is 58.5 cm³/mol. The molecule has 1 saturated heterocycles. The van der Waals surface area contributed by atoms with Crippen LogP contribution in [0.25, 0.3) is 0 Å². The number of rotatable bonds is 2. The molecule has 1 fully saturated rings. The number of hydrogen-bond acceptors (Lipinski definition) is 3. The van der Waals surface area contributed by atoms with Gasteiger partial charge in [-0.2, -0.15) is 0 Å². The molecule has 1 aliphatic heterocycles. The molecule has 0 aromatic rings. The number of hydrogen-bond donors (Lipinski definition) is 0. The third-order valence-electron chi connectivity index (χ3n) is 3.04. The molecule has 1 aliphatic carbocycles. The van der Waals surface area contributed by atoms with Crippen LogP contribution >= 0.6 is 0 Å². The van der Waals surface area contributed by atoms with Crippen LogP contribution in [0.1, 0.15) is 12.8 Å². The molecule has 0 aromatic heterocycles. The third-order valence-corrected chi connectivity index (χ3v) is 3.04. The Morgan fingerprint density at radius 2 is 2.00 bits per heavy atom. The van der Waals surface area contributed by atoms with Gasteiger partial charge in [0, 0.05) is 6.54 Å². The van der Waals surface area contributed by atoms with Crippen molar-refractivity contribution in [3.8, 4) is 0 Å². The molecule has 0 saturated carbocycles. The fourth-order valence-corrected chi connectivity index (χ4v) is 2.20. The summed E-state index contributed by atoms with van der Waals surface area (Å²) in [6.07, 6.45) is 8.96. The van der Waals surface area contributed by atoms with E-state index in [2.05, 4.69) is 0 Å². The number of amides is 1. The molecule has 1 atom stereocenters. The van der Waals surface area contributed by atoms with Gasteiger partial charge in [-0.05, 0) is 12.8 Å². The SMILES string of the molecule is COC(=O)C1CCCN1C(=O)C1C=CC=C1. The summed E-state index contributed by atoms with van der Waals surface area (Å²) in [6.45, 7) is 0.650. The number of methoxy groups -OCH3 is 1. The Bertz CT molecular complexity index is 347. The maximum absolute atomic E-state index is 12.1. The Morgan fingerprint density at radius 3 is 2.62 bits per heavy atom. The van der Waals surface area contributed by atoms with E-state index in [-0.39, 0.29) is 23.8 Å². The summed E-state index contributed by atoms with van der Waals surface area (Å²) in [5.74, 6) is -0.514. The molecule has 2 aliphatic rings. The van der Waals surface area contributed by atoms with Crippen molar-refractivity contribution in [2.45, 2.75) is 18.9 Å². The Hall–Kier alpha value is -1.58. The summed E-state index contributed by atoms with van der Waals surface area (Å²) in [5, 5.41) is 0. The van der Waals surface area contributed by atoms with Crippen LogP contribution in [0, 0.1) is 5.92 Å². The van der Waals surface area contributed by atoms with Crippen molar-refractivity contribution < 1.29 is 14.3 Å². The van der Waals surface area contributed by atoms with Gasteiger partial charge in [-0.25, -0.2) is 4.79 Å². The Morgan fingerprint density at radius 1 is 1.31 bits per heavy atom. The van der Waals surface area contributed by atoms with Crippen LogP contribution in [-0.4, -0.2) is 36.5 Å². The maximum Gasteiger partial charge on any atom is 0.328 e. The van der Waals surface area contributed by atoms with Crippen molar-refractivity contribution in [3.05, 3.63) is 24.3 Å². The van der Waals surface area contributed by atoms with Crippen molar-refractivity contribution in [3.63, 3.8) is 0 Å². The molecule has 0 aromatic carbocycles. The van der Waals surface area contributed by atoms with Crippen LogP contribution in [0.3, 0.4) is 0 Å². The van der Waals surface area contributed by atoms with E-state index in [1.165, 1.54) is 7.11 Å². The summed E-state index contributed by atoms with van der Waals surface area (Å²) >= 11 is 0. The van der Waals surface area contributed by atoms with E-state index in [0.717, 1.165) is 6.42 Å². The second-order valence-corrected chi connectivity index (χ2v) is 4.01. The lowest BCUT2D eigenvalue weighted by Gasteiger charge is -2.24.